The van der Waals surface area contributed by atoms with Crippen LogP contribution in [-0.4, -0.2) is 19.3 Å². The third-order valence-electron chi connectivity index (χ3n) is 2.47. The van der Waals surface area contributed by atoms with Crippen LogP contribution in [0.15, 0.2) is 10.9 Å². The van der Waals surface area contributed by atoms with Crippen LogP contribution < -0.4 is 5.69 Å². The summed E-state index contributed by atoms with van der Waals surface area (Å²) >= 11 is 0. The Morgan fingerprint density at radius 1 is 1.33 bits per heavy atom. The van der Waals surface area contributed by atoms with Gasteiger partial charge in [-0.2, -0.15) is 32.5 Å². The van der Waals surface area contributed by atoms with Crippen molar-refractivity contribution in [1.29, 1.82) is 5.26 Å². The highest BCUT2D eigenvalue weighted by atomic mass is 19.4. The first-order valence-corrected chi connectivity index (χ1v) is 5.16. The monoisotopic (exact) mass is 305 g/mol. The quantitative estimate of drug-likeness (QED) is 0.584. The second-order valence-corrected chi connectivity index (χ2v) is 3.82. The zero-order valence-electron chi connectivity index (χ0n) is 10.1. The second-order valence-electron chi connectivity index (χ2n) is 3.82. The molecule has 0 unspecified atom stereocenters. The van der Waals surface area contributed by atoms with Gasteiger partial charge in [-0.15, -0.1) is 5.10 Å². The fourth-order valence-corrected chi connectivity index (χ4v) is 1.51. The Morgan fingerprint density at radius 3 is 2.43 bits per heavy atom. The number of halogens is 5. The lowest BCUT2D eigenvalue weighted by Crippen LogP contribution is -2.25. The van der Waals surface area contributed by atoms with Gasteiger partial charge in [0, 0.05) is 13.1 Å². The summed E-state index contributed by atoms with van der Waals surface area (Å²) in [6.45, 7) is 0. The summed E-state index contributed by atoms with van der Waals surface area (Å²) in [7, 11) is 0.770. The van der Waals surface area contributed by atoms with Crippen LogP contribution in [0.2, 0.25) is 0 Å². The molecule has 2 heterocycles. The molecule has 6 nitrogen and oxygen atoms in total. The number of alkyl halides is 3. The Morgan fingerprint density at radius 2 is 1.95 bits per heavy atom. The van der Waals surface area contributed by atoms with Gasteiger partial charge < -0.3 is 0 Å². The van der Waals surface area contributed by atoms with Gasteiger partial charge in [0.05, 0.1) is 0 Å². The molecule has 0 atom stereocenters. The van der Waals surface area contributed by atoms with E-state index in [1.165, 1.54) is 6.07 Å². The highest BCUT2D eigenvalue weighted by Gasteiger charge is 2.38. The van der Waals surface area contributed by atoms with Gasteiger partial charge in [-0.05, 0) is 0 Å². The summed E-state index contributed by atoms with van der Waals surface area (Å²) in [4.78, 5) is 14.6. The molecule has 2 aromatic rings. The molecule has 0 aliphatic heterocycles. The Labute approximate surface area is 112 Å². The molecule has 2 rings (SSSR count). The summed E-state index contributed by atoms with van der Waals surface area (Å²) in [6.07, 6.45) is -4.96. The maximum absolute atomic E-state index is 13.6. The topological polar surface area (TPSA) is 76.5 Å². The SMILES string of the molecule is Cn1c(C(F)(F)F)nn(-c2nc(F)c(C#N)cc2F)c1=O. The van der Waals surface area contributed by atoms with Gasteiger partial charge in [0.15, 0.2) is 11.6 Å². The van der Waals surface area contributed by atoms with Crippen LogP contribution in [0.4, 0.5) is 22.0 Å². The van der Waals surface area contributed by atoms with Gasteiger partial charge >= 0.3 is 11.9 Å². The Bertz CT molecular complexity index is 813. The number of aromatic nitrogens is 4. The predicted octanol–water partition coefficient (Wildman–Crippen LogP) is 1.13. The van der Waals surface area contributed by atoms with Crippen LogP contribution in [0.5, 0.6) is 0 Å². The molecule has 0 bridgehead atoms. The molecule has 0 aliphatic carbocycles. The van der Waals surface area contributed by atoms with Crippen molar-refractivity contribution in [2.75, 3.05) is 0 Å². The van der Waals surface area contributed by atoms with Crippen molar-refractivity contribution in [2.45, 2.75) is 6.18 Å². The average Bonchev–Trinajstić information content (AvgIpc) is 2.68. The van der Waals surface area contributed by atoms with E-state index >= 15 is 0 Å². The highest BCUT2D eigenvalue weighted by Crippen LogP contribution is 2.26. The van der Waals surface area contributed by atoms with Gasteiger partial charge in [-0.25, -0.2) is 9.18 Å². The number of hydrogen-bond acceptors (Lipinski definition) is 4. The van der Waals surface area contributed by atoms with E-state index in [-0.39, 0.29) is 9.25 Å². The predicted molar refractivity (Wildman–Crippen MR) is 56.2 cm³/mol. The van der Waals surface area contributed by atoms with Crippen LogP contribution in [0.1, 0.15) is 11.4 Å². The van der Waals surface area contributed by atoms with Crippen molar-refractivity contribution < 1.29 is 22.0 Å². The van der Waals surface area contributed by atoms with E-state index in [1.54, 1.807) is 0 Å². The number of pyridine rings is 1. The zero-order valence-corrected chi connectivity index (χ0v) is 10.1. The molecule has 110 valence electrons. The molecule has 2 aromatic heterocycles. The smallest absolute Gasteiger partial charge is 0.274 e. The van der Waals surface area contributed by atoms with E-state index in [0.29, 0.717) is 6.07 Å². The van der Waals surface area contributed by atoms with E-state index in [9.17, 15) is 26.7 Å². The van der Waals surface area contributed by atoms with Crippen molar-refractivity contribution in [1.82, 2.24) is 19.3 Å². The number of nitrogens with zero attached hydrogens (tertiary/aromatic N) is 5. The minimum Gasteiger partial charge on any atom is -0.274 e. The van der Waals surface area contributed by atoms with Gasteiger partial charge in [-0.3, -0.25) is 4.57 Å². The number of nitriles is 1. The molecule has 11 heteroatoms. The molecule has 0 amide bonds. The van der Waals surface area contributed by atoms with E-state index in [0.717, 1.165) is 7.05 Å². The maximum atomic E-state index is 13.6. The van der Waals surface area contributed by atoms with Crippen LogP contribution in [-0.2, 0) is 13.2 Å². The van der Waals surface area contributed by atoms with Crippen molar-refractivity contribution in [3.8, 4) is 11.9 Å². The Kier molecular flexibility index (Phi) is 3.24. The number of hydrogen-bond donors (Lipinski definition) is 0. The fourth-order valence-electron chi connectivity index (χ4n) is 1.51. The van der Waals surface area contributed by atoms with Gasteiger partial charge in [0.1, 0.15) is 11.6 Å². The molecular formula is C10H4F5N5O. The summed E-state index contributed by atoms with van der Waals surface area (Å²) in [6, 6.07) is 1.71. The lowest BCUT2D eigenvalue weighted by molar-refractivity contribution is -0.147. The molecular weight excluding hydrogens is 301 g/mol. The molecule has 0 saturated carbocycles. The lowest BCUT2D eigenvalue weighted by atomic mass is 10.3. The van der Waals surface area contributed by atoms with Gasteiger partial charge in [0.2, 0.25) is 11.8 Å². The normalized spacial score (nSPS) is 11.5. The summed E-state index contributed by atoms with van der Waals surface area (Å²) in [5.41, 5.74) is -2.12. The minimum atomic E-state index is -4.96. The maximum Gasteiger partial charge on any atom is 0.451 e. The number of rotatable bonds is 1. The van der Waals surface area contributed by atoms with E-state index in [2.05, 4.69) is 10.1 Å². The van der Waals surface area contributed by atoms with E-state index < -0.39 is 40.8 Å². The largest absolute Gasteiger partial charge is 0.451 e. The minimum absolute atomic E-state index is 0.0254. The summed E-state index contributed by atoms with van der Waals surface area (Å²) in [5.74, 6) is -5.46. The lowest BCUT2D eigenvalue weighted by Gasteiger charge is -2.03. The van der Waals surface area contributed by atoms with Crippen molar-refractivity contribution in [3.63, 3.8) is 0 Å². The highest BCUT2D eigenvalue weighted by molar-refractivity contribution is 5.34. The first-order valence-electron chi connectivity index (χ1n) is 5.16. The molecule has 0 N–H and O–H groups in total. The van der Waals surface area contributed by atoms with Crippen molar-refractivity contribution >= 4 is 0 Å². The van der Waals surface area contributed by atoms with Crippen LogP contribution >= 0.6 is 0 Å². The first-order chi connectivity index (χ1) is 9.66. The third kappa shape index (κ3) is 2.35. The third-order valence-corrected chi connectivity index (χ3v) is 2.47. The van der Waals surface area contributed by atoms with Crippen LogP contribution in [0.3, 0.4) is 0 Å². The molecule has 0 aromatic carbocycles. The Hall–Kier alpha value is -2.77. The molecule has 0 spiro atoms. The van der Waals surface area contributed by atoms with Crippen LogP contribution in [0, 0.1) is 23.1 Å². The standard InChI is InChI=1S/C10H4F5N5O/c1-19-8(10(13,14)15)18-20(9(19)21)7-5(11)2-4(3-16)6(12)17-7/h2H,1H3. The van der Waals surface area contributed by atoms with Crippen LogP contribution in [0.25, 0.3) is 5.82 Å². The fraction of sp³-hybridized carbons (Fsp3) is 0.200. The summed E-state index contributed by atoms with van der Waals surface area (Å²) < 4.78 is 64.8. The molecule has 0 radical (unpaired) electrons. The molecule has 0 aliphatic rings. The van der Waals surface area contributed by atoms with Gasteiger partial charge in [0.25, 0.3) is 0 Å². The van der Waals surface area contributed by atoms with Crippen molar-refractivity contribution in [3.05, 3.63) is 39.7 Å². The molecule has 0 saturated heterocycles. The second kappa shape index (κ2) is 4.65. The molecule has 21 heavy (non-hydrogen) atoms. The first kappa shape index (κ1) is 14.6. The van der Waals surface area contributed by atoms with E-state index in [1.807, 2.05) is 0 Å². The zero-order chi connectivity index (χ0) is 15.9. The van der Waals surface area contributed by atoms with Crippen molar-refractivity contribution in [2.24, 2.45) is 7.05 Å². The average molecular weight is 305 g/mol. The summed E-state index contributed by atoms with van der Waals surface area (Å²) in [5, 5.41) is 11.4. The Balaban J connectivity index is 2.73. The van der Waals surface area contributed by atoms with E-state index in [4.69, 9.17) is 5.26 Å². The van der Waals surface area contributed by atoms with Gasteiger partial charge in [-0.1, -0.05) is 0 Å². The molecule has 0 fully saturated rings.